The number of amides is 2. The van der Waals surface area contributed by atoms with Crippen molar-refractivity contribution in [1.29, 1.82) is 0 Å². The molecule has 2 amide bonds. The van der Waals surface area contributed by atoms with Gasteiger partial charge in [-0.15, -0.1) is 11.8 Å². The molecule has 0 radical (unpaired) electrons. The molecule has 1 aliphatic rings. The molecule has 0 unspecified atom stereocenters. The fraction of sp³-hybridized carbons (Fsp3) is 0.154. The van der Waals surface area contributed by atoms with Crippen molar-refractivity contribution in [3.63, 3.8) is 0 Å². The maximum atomic E-state index is 13.2. The Morgan fingerprint density at radius 1 is 1.03 bits per heavy atom. The molecule has 0 spiro atoms. The van der Waals surface area contributed by atoms with Crippen LogP contribution in [0.3, 0.4) is 0 Å². The van der Waals surface area contributed by atoms with Crippen LogP contribution in [0.25, 0.3) is 0 Å². The van der Waals surface area contributed by atoms with Gasteiger partial charge in [-0.1, -0.05) is 48.5 Å². The number of halogens is 3. The maximum absolute atomic E-state index is 13.2. The average Bonchev–Trinajstić information content (AvgIpc) is 2.88. The molecule has 7 nitrogen and oxygen atoms in total. The van der Waals surface area contributed by atoms with Crippen LogP contribution in [0.4, 0.5) is 24.5 Å². The van der Waals surface area contributed by atoms with Crippen molar-refractivity contribution < 1.29 is 32.3 Å². The smallest absolute Gasteiger partial charge is 0.416 e. The van der Waals surface area contributed by atoms with Crippen molar-refractivity contribution in [2.24, 2.45) is 5.10 Å². The second-order valence-corrected chi connectivity index (χ2v) is 9.11. The number of anilines is 2. The molecule has 0 aromatic heterocycles. The summed E-state index contributed by atoms with van der Waals surface area (Å²) in [6.45, 7) is -0.781. The molecule has 0 bridgehead atoms. The van der Waals surface area contributed by atoms with E-state index in [0.29, 0.717) is 11.3 Å². The first-order chi connectivity index (χ1) is 17.7. The Morgan fingerprint density at radius 3 is 2.51 bits per heavy atom. The lowest BCUT2D eigenvalue weighted by Gasteiger charge is -2.23. The summed E-state index contributed by atoms with van der Waals surface area (Å²) < 4.78 is 44.8. The number of carbonyl (C=O) groups excluding carboxylic acids is 3. The number of benzene rings is 3. The molecular formula is C26H20F3N3O4S. The van der Waals surface area contributed by atoms with E-state index in [1.165, 1.54) is 24.0 Å². The molecule has 1 heterocycles. The van der Waals surface area contributed by atoms with Gasteiger partial charge in [0.05, 0.1) is 34.8 Å². The quantitative estimate of drug-likeness (QED) is 0.262. The van der Waals surface area contributed by atoms with E-state index in [-0.39, 0.29) is 18.0 Å². The van der Waals surface area contributed by atoms with E-state index >= 15 is 0 Å². The van der Waals surface area contributed by atoms with Gasteiger partial charge in [0.1, 0.15) is 0 Å². The number of nitrogens with one attached hydrogen (secondary N) is 1. The normalized spacial score (nSPS) is 15.1. The maximum Gasteiger partial charge on any atom is 0.416 e. The number of hydrogen-bond acceptors (Lipinski definition) is 6. The van der Waals surface area contributed by atoms with Gasteiger partial charge in [0.2, 0.25) is 5.91 Å². The third-order valence-corrected chi connectivity index (χ3v) is 6.47. The number of para-hydroxylation sites is 1. The van der Waals surface area contributed by atoms with E-state index in [9.17, 15) is 27.6 Å². The number of carbonyl (C=O) groups is 3. The minimum Gasteiger partial charge on any atom is -0.455 e. The summed E-state index contributed by atoms with van der Waals surface area (Å²) in [5, 5.41) is 6.75. The number of nitrogens with zero attached hydrogens (tertiary/aromatic N) is 2. The first-order valence-electron chi connectivity index (χ1n) is 11.0. The summed E-state index contributed by atoms with van der Waals surface area (Å²) in [6, 6.07) is 19.9. The highest BCUT2D eigenvalue weighted by Gasteiger charge is 2.32. The van der Waals surface area contributed by atoms with Gasteiger partial charge in [-0.25, -0.2) is 0 Å². The number of rotatable bonds is 7. The van der Waals surface area contributed by atoms with Crippen LogP contribution in [0.5, 0.6) is 0 Å². The lowest BCUT2D eigenvalue weighted by molar-refractivity contribution is -0.148. The second kappa shape index (κ2) is 11.3. The Labute approximate surface area is 214 Å². The van der Waals surface area contributed by atoms with Crippen molar-refractivity contribution in [2.75, 3.05) is 16.9 Å². The zero-order valence-electron chi connectivity index (χ0n) is 19.1. The molecular weight excluding hydrogens is 507 g/mol. The number of ether oxygens (including phenoxy) is 1. The number of esters is 1. The highest BCUT2D eigenvalue weighted by atomic mass is 32.2. The molecule has 0 saturated carbocycles. The summed E-state index contributed by atoms with van der Waals surface area (Å²) in [4.78, 5) is 38.5. The summed E-state index contributed by atoms with van der Waals surface area (Å²) >= 11 is 1.20. The molecule has 0 fully saturated rings. The van der Waals surface area contributed by atoms with Gasteiger partial charge in [0.25, 0.3) is 5.91 Å². The minimum absolute atomic E-state index is 0.151. The summed E-state index contributed by atoms with van der Waals surface area (Å²) in [5.74, 6) is -2.05. The highest BCUT2D eigenvalue weighted by molar-refractivity contribution is 8.01. The van der Waals surface area contributed by atoms with Crippen LogP contribution in [0.2, 0.25) is 0 Å². The van der Waals surface area contributed by atoms with Crippen LogP contribution in [0.1, 0.15) is 17.5 Å². The van der Waals surface area contributed by atoms with Crippen LogP contribution < -0.4 is 10.3 Å². The van der Waals surface area contributed by atoms with E-state index in [4.69, 9.17) is 4.74 Å². The fourth-order valence-corrected chi connectivity index (χ4v) is 4.49. The lowest BCUT2D eigenvalue weighted by atomic mass is 10.2. The monoisotopic (exact) mass is 527 g/mol. The third kappa shape index (κ3) is 6.76. The van der Waals surface area contributed by atoms with Gasteiger partial charge >= 0.3 is 12.1 Å². The van der Waals surface area contributed by atoms with E-state index in [0.717, 1.165) is 28.1 Å². The topological polar surface area (TPSA) is 88.1 Å². The summed E-state index contributed by atoms with van der Waals surface area (Å²) in [5.41, 5.74) is 0.132. The third-order valence-electron chi connectivity index (χ3n) is 5.19. The Bertz CT molecular complexity index is 1330. The Balaban J connectivity index is 1.46. The van der Waals surface area contributed by atoms with Crippen molar-refractivity contribution in [3.8, 4) is 0 Å². The predicted octanol–water partition coefficient (Wildman–Crippen LogP) is 5.12. The Kier molecular flexibility index (Phi) is 7.92. The SMILES string of the molecule is O=C(C[C@H]1Sc2ccccc2NC1=O)OCC(=O)N(/N=C\c1ccccc1)c1cccc(C(F)(F)F)c1. The van der Waals surface area contributed by atoms with Gasteiger partial charge in [0, 0.05) is 4.90 Å². The molecule has 11 heteroatoms. The molecule has 3 aromatic carbocycles. The number of alkyl halides is 3. The summed E-state index contributed by atoms with van der Waals surface area (Å²) in [7, 11) is 0. The van der Waals surface area contributed by atoms with Crippen LogP contribution in [0.15, 0.2) is 88.9 Å². The van der Waals surface area contributed by atoms with Crippen LogP contribution >= 0.6 is 11.8 Å². The van der Waals surface area contributed by atoms with Crippen molar-refractivity contribution in [2.45, 2.75) is 22.7 Å². The Hall–Kier alpha value is -4.12. The number of hydrogen-bond donors (Lipinski definition) is 1. The molecule has 1 atom stereocenters. The van der Waals surface area contributed by atoms with Crippen molar-refractivity contribution in [1.82, 2.24) is 0 Å². The highest BCUT2D eigenvalue weighted by Crippen LogP contribution is 2.36. The number of thioether (sulfide) groups is 1. The molecule has 0 saturated heterocycles. The van der Waals surface area contributed by atoms with Crippen LogP contribution in [-0.2, 0) is 25.3 Å². The molecule has 3 aromatic rings. The second-order valence-electron chi connectivity index (χ2n) is 7.87. The molecule has 1 aliphatic heterocycles. The Morgan fingerprint density at radius 2 is 1.76 bits per heavy atom. The predicted molar refractivity (Wildman–Crippen MR) is 133 cm³/mol. The van der Waals surface area contributed by atoms with E-state index in [2.05, 4.69) is 10.4 Å². The lowest BCUT2D eigenvalue weighted by Crippen LogP contribution is -2.34. The fourth-order valence-electron chi connectivity index (χ4n) is 3.39. The summed E-state index contributed by atoms with van der Waals surface area (Å²) in [6.07, 6.45) is -3.62. The van der Waals surface area contributed by atoms with Gasteiger partial charge in [-0.2, -0.15) is 23.3 Å². The molecule has 0 aliphatic carbocycles. The van der Waals surface area contributed by atoms with Crippen molar-refractivity contribution >= 4 is 47.1 Å². The largest absolute Gasteiger partial charge is 0.455 e. The zero-order valence-corrected chi connectivity index (χ0v) is 20.0. The minimum atomic E-state index is -4.63. The standard InChI is InChI=1S/C26H20F3N3O4S/c27-26(28,29)18-9-6-10-19(13-18)32(30-15-17-7-2-1-3-8-17)23(33)16-36-24(34)14-22-25(35)31-20-11-4-5-12-21(20)37-22/h1-13,15,22H,14,16H2,(H,31,35)/b30-15-/t22-/m1/s1. The number of fused-ring (bicyclic) bond motifs is 1. The van der Waals surface area contributed by atoms with Gasteiger partial charge < -0.3 is 10.1 Å². The first kappa shape index (κ1) is 26.0. The molecule has 4 rings (SSSR count). The molecule has 37 heavy (non-hydrogen) atoms. The van der Waals surface area contributed by atoms with Gasteiger partial charge in [-0.3, -0.25) is 14.4 Å². The molecule has 1 N–H and O–H groups in total. The first-order valence-corrected chi connectivity index (χ1v) is 11.9. The average molecular weight is 528 g/mol. The van der Waals surface area contributed by atoms with E-state index < -0.39 is 35.5 Å². The van der Waals surface area contributed by atoms with Gasteiger partial charge in [0.15, 0.2) is 6.61 Å². The van der Waals surface area contributed by atoms with E-state index in [1.54, 1.807) is 54.6 Å². The van der Waals surface area contributed by atoms with E-state index in [1.807, 2.05) is 0 Å². The van der Waals surface area contributed by atoms with Crippen LogP contribution in [-0.4, -0.2) is 35.9 Å². The molecule has 190 valence electrons. The number of hydrazone groups is 1. The zero-order chi connectivity index (χ0) is 26.4. The van der Waals surface area contributed by atoms with Crippen molar-refractivity contribution in [3.05, 3.63) is 90.0 Å². The van der Waals surface area contributed by atoms with Gasteiger partial charge in [-0.05, 0) is 35.9 Å². The van der Waals surface area contributed by atoms with Crippen LogP contribution in [0, 0.1) is 0 Å².